The SMILES string of the molecule is COc1cc(CN2CCC3(CCC(CNC(=O)c4ccn(C)n4)O3)CC2)cc(OC)c1OC. The molecule has 2 fully saturated rings. The molecule has 0 aliphatic carbocycles. The van der Waals surface area contributed by atoms with Gasteiger partial charge in [0.05, 0.1) is 33.0 Å². The van der Waals surface area contributed by atoms with Gasteiger partial charge in [0.2, 0.25) is 5.75 Å². The van der Waals surface area contributed by atoms with Crippen molar-refractivity contribution in [1.29, 1.82) is 0 Å². The number of rotatable bonds is 8. The molecule has 2 aliphatic rings. The molecule has 2 aliphatic heterocycles. The molecule has 3 heterocycles. The average Bonchev–Trinajstić information content (AvgIpc) is 3.45. The van der Waals surface area contributed by atoms with Crippen LogP contribution in [0.25, 0.3) is 0 Å². The summed E-state index contributed by atoms with van der Waals surface area (Å²) in [6.45, 7) is 3.26. The van der Waals surface area contributed by atoms with Crippen molar-refractivity contribution in [3.63, 3.8) is 0 Å². The number of likely N-dealkylation sites (tertiary alicyclic amines) is 1. The summed E-state index contributed by atoms with van der Waals surface area (Å²) in [5, 5.41) is 7.11. The number of amides is 1. The third-order valence-electron chi connectivity index (χ3n) is 6.67. The maximum atomic E-state index is 12.3. The molecule has 4 rings (SSSR count). The van der Waals surface area contributed by atoms with Gasteiger partial charge in [0.1, 0.15) is 5.69 Å². The molecule has 1 amide bonds. The van der Waals surface area contributed by atoms with E-state index in [0.717, 1.165) is 50.9 Å². The van der Waals surface area contributed by atoms with Crippen molar-refractivity contribution in [1.82, 2.24) is 20.0 Å². The molecule has 0 bridgehead atoms. The average molecular weight is 459 g/mol. The predicted molar refractivity (Wildman–Crippen MR) is 123 cm³/mol. The molecule has 180 valence electrons. The van der Waals surface area contributed by atoms with Crippen LogP contribution in [0.4, 0.5) is 0 Å². The Kier molecular flexibility index (Phi) is 7.09. The highest BCUT2D eigenvalue weighted by Gasteiger charge is 2.42. The van der Waals surface area contributed by atoms with Crippen molar-refractivity contribution >= 4 is 5.91 Å². The normalized spacial score (nSPS) is 20.1. The highest BCUT2D eigenvalue weighted by molar-refractivity contribution is 5.92. The minimum Gasteiger partial charge on any atom is -0.493 e. The molecule has 2 aromatic rings. The Hall–Kier alpha value is -2.78. The smallest absolute Gasteiger partial charge is 0.271 e. The van der Waals surface area contributed by atoms with Gasteiger partial charge in [0, 0.05) is 39.4 Å². The maximum Gasteiger partial charge on any atom is 0.271 e. The minimum atomic E-state index is -0.152. The highest BCUT2D eigenvalue weighted by Crippen LogP contribution is 2.41. The summed E-state index contributed by atoms with van der Waals surface area (Å²) in [5.74, 6) is 1.81. The Labute approximate surface area is 194 Å². The second kappa shape index (κ2) is 10.0. The van der Waals surface area contributed by atoms with Gasteiger partial charge in [0.25, 0.3) is 5.91 Å². The van der Waals surface area contributed by atoms with E-state index in [2.05, 4.69) is 15.3 Å². The Bertz CT molecular complexity index is 943. The molecule has 1 atom stereocenters. The summed E-state index contributed by atoms with van der Waals surface area (Å²) >= 11 is 0. The quantitative estimate of drug-likeness (QED) is 0.650. The number of hydrogen-bond acceptors (Lipinski definition) is 7. The van der Waals surface area contributed by atoms with Gasteiger partial charge < -0.3 is 24.3 Å². The van der Waals surface area contributed by atoms with Crippen LogP contribution in [-0.2, 0) is 18.3 Å². The Morgan fingerprint density at radius 1 is 1.15 bits per heavy atom. The van der Waals surface area contributed by atoms with Crippen molar-refractivity contribution in [3.8, 4) is 17.2 Å². The van der Waals surface area contributed by atoms with E-state index < -0.39 is 0 Å². The first kappa shape index (κ1) is 23.4. The summed E-state index contributed by atoms with van der Waals surface area (Å²) < 4.78 is 24.5. The van der Waals surface area contributed by atoms with Crippen LogP contribution in [0, 0.1) is 0 Å². The van der Waals surface area contributed by atoms with Crippen molar-refractivity contribution in [2.24, 2.45) is 7.05 Å². The number of nitrogens with zero attached hydrogens (tertiary/aromatic N) is 3. The standard InChI is InChI=1S/C24H34N4O5/c1-27-10-6-19(26-27)23(29)25-15-18-5-7-24(33-18)8-11-28(12-9-24)16-17-13-20(30-2)22(32-4)21(14-17)31-3/h6,10,13-14,18H,5,7-9,11-12,15-16H2,1-4H3,(H,25,29). The number of hydrogen-bond donors (Lipinski definition) is 1. The summed E-state index contributed by atoms with van der Waals surface area (Å²) in [6, 6.07) is 5.74. The third kappa shape index (κ3) is 5.25. The van der Waals surface area contributed by atoms with Crippen molar-refractivity contribution < 1.29 is 23.7 Å². The highest BCUT2D eigenvalue weighted by atomic mass is 16.5. The first-order chi connectivity index (χ1) is 15.9. The first-order valence-electron chi connectivity index (χ1n) is 11.4. The van der Waals surface area contributed by atoms with Crippen LogP contribution in [0.2, 0.25) is 0 Å². The lowest BCUT2D eigenvalue weighted by molar-refractivity contribution is -0.0764. The van der Waals surface area contributed by atoms with Crippen LogP contribution >= 0.6 is 0 Å². The Morgan fingerprint density at radius 3 is 2.42 bits per heavy atom. The molecule has 2 saturated heterocycles. The first-order valence-corrected chi connectivity index (χ1v) is 11.4. The molecular weight excluding hydrogens is 424 g/mol. The van der Waals surface area contributed by atoms with E-state index in [1.54, 1.807) is 45.3 Å². The molecule has 1 aromatic heterocycles. The number of carbonyl (C=O) groups is 1. The zero-order valence-electron chi connectivity index (χ0n) is 19.9. The van der Waals surface area contributed by atoms with Crippen LogP contribution in [0.1, 0.15) is 41.7 Å². The second-order valence-corrected chi connectivity index (χ2v) is 8.86. The molecule has 0 radical (unpaired) electrons. The lowest BCUT2D eigenvalue weighted by Gasteiger charge is -2.39. The molecule has 1 unspecified atom stereocenters. The van der Waals surface area contributed by atoms with Crippen molar-refractivity contribution in [2.45, 2.75) is 43.9 Å². The Morgan fingerprint density at radius 2 is 1.85 bits per heavy atom. The fourth-order valence-electron chi connectivity index (χ4n) is 4.84. The monoisotopic (exact) mass is 458 g/mol. The summed E-state index contributed by atoms with van der Waals surface area (Å²) in [7, 11) is 6.69. The van der Waals surface area contributed by atoms with Gasteiger partial charge in [-0.1, -0.05) is 0 Å². The number of methoxy groups -OCH3 is 3. The second-order valence-electron chi connectivity index (χ2n) is 8.86. The van der Waals surface area contributed by atoms with Gasteiger partial charge in [-0.2, -0.15) is 5.10 Å². The number of nitrogens with one attached hydrogen (secondary N) is 1. The van der Waals surface area contributed by atoms with Crippen LogP contribution in [-0.4, -0.2) is 73.3 Å². The van der Waals surface area contributed by atoms with Crippen molar-refractivity contribution in [3.05, 3.63) is 35.7 Å². The van der Waals surface area contributed by atoms with Gasteiger partial charge >= 0.3 is 0 Å². The van der Waals surface area contributed by atoms with Crippen LogP contribution < -0.4 is 19.5 Å². The van der Waals surface area contributed by atoms with Gasteiger partial charge in [-0.05, 0) is 49.4 Å². The van der Waals surface area contributed by atoms with Crippen LogP contribution in [0.3, 0.4) is 0 Å². The van der Waals surface area contributed by atoms with E-state index in [9.17, 15) is 4.79 Å². The van der Waals surface area contributed by atoms with Gasteiger partial charge in [-0.15, -0.1) is 0 Å². The summed E-state index contributed by atoms with van der Waals surface area (Å²) in [5.41, 5.74) is 1.49. The van der Waals surface area contributed by atoms with Crippen LogP contribution in [0.15, 0.2) is 24.4 Å². The van der Waals surface area contributed by atoms with Crippen molar-refractivity contribution in [2.75, 3.05) is 41.0 Å². The number of carbonyl (C=O) groups excluding carboxylic acids is 1. The van der Waals surface area contributed by atoms with Gasteiger partial charge in [0.15, 0.2) is 11.5 Å². The molecule has 0 saturated carbocycles. The van der Waals surface area contributed by atoms with E-state index in [0.29, 0.717) is 29.5 Å². The molecular formula is C24H34N4O5. The fourth-order valence-corrected chi connectivity index (χ4v) is 4.84. The lowest BCUT2D eigenvalue weighted by atomic mass is 9.88. The molecule has 9 heteroatoms. The summed E-state index contributed by atoms with van der Waals surface area (Å²) in [4.78, 5) is 14.7. The largest absolute Gasteiger partial charge is 0.493 e. The lowest BCUT2D eigenvalue weighted by Crippen LogP contribution is -2.44. The molecule has 1 N–H and O–H groups in total. The summed E-state index contributed by atoms with van der Waals surface area (Å²) in [6.07, 6.45) is 5.80. The zero-order valence-corrected chi connectivity index (χ0v) is 19.9. The number of aromatic nitrogens is 2. The zero-order chi connectivity index (χ0) is 23.4. The van der Waals surface area contributed by atoms with E-state index in [1.807, 2.05) is 12.1 Å². The topological polar surface area (TPSA) is 87.1 Å². The molecule has 1 aromatic carbocycles. The fraction of sp³-hybridized carbons (Fsp3) is 0.583. The molecule has 33 heavy (non-hydrogen) atoms. The van der Waals surface area contributed by atoms with Gasteiger partial charge in [-0.3, -0.25) is 14.4 Å². The predicted octanol–water partition coefficient (Wildman–Crippen LogP) is 2.39. The third-order valence-corrected chi connectivity index (χ3v) is 6.67. The van der Waals surface area contributed by atoms with E-state index in [4.69, 9.17) is 18.9 Å². The van der Waals surface area contributed by atoms with Crippen LogP contribution in [0.5, 0.6) is 17.2 Å². The Balaban J connectivity index is 1.28. The molecule has 1 spiro atoms. The number of piperidine rings is 1. The number of aryl methyl sites for hydroxylation is 1. The van der Waals surface area contributed by atoms with Gasteiger partial charge in [-0.25, -0.2) is 0 Å². The van der Waals surface area contributed by atoms with E-state index >= 15 is 0 Å². The number of benzene rings is 1. The molecule has 9 nitrogen and oxygen atoms in total. The number of ether oxygens (including phenoxy) is 4. The minimum absolute atomic E-state index is 0.0549. The van der Waals surface area contributed by atoms with E-state index in [1.165, 1.54) is 0 Å². The maximum absolute atomic E-state index is 12.3. The van der Waals surface area contributed by atoms with E-state index in [-0.39, 0.29) is 17.6 Å².